The van der Waals surface area contributed by atoms with Gasteiger partial charge in [0.1, 0.15) is 5.65 Å². The number of nitrogens with one attached hydrogen (secondary N) is 3. The second kappa shape index (κ2) is 7.91. The Morgan fingerprint density at radius 1 is 1.10 bits per heavy atom. The lowest BCUT2D eigenvalue weighted by molar-refractivity contribution is -0.117. The molecule has 1 aliphatic carbocycles. The van der Waals surface area contributed by atoms with Gasteiger partial charge >= 0.3 is 10.2 Å². The Balaban J connectivity index is 1.40. The quantitative estimate of drug-likeness (QED) is 0.535. The Labute approximate surface area is 179 Å². The molecule has 0 radical (unpaired) electrons. The average Bonchev–Trinajstić information content (AvgIpc) is 3.52. The number of carbonyl (C=O) groups excluding carboxylic acids is 1. The number of amides is 1. The maximum absolute atomic E-state index is 12.6. The molecule has 2 fully saturated rings. The monoisotopic (exact) mass is 442 g/mol. The van der Waals surface area contributed by atoms with Gasteiger partial charge in [-0.05, 0) is 31.0 Å². The molecule has 0 spiro atoms. The summed E-state index contributed by atoms with van der Waals surface area (Å²) < 4.78 is 34.3. The molecule has 162 valence electrons. The van der Waals surface area contributed by atoms with E-state index in [0.717, 1.165) is 23.8 Å². The summed E-state index contributed by atoms with van der Waals surface area (Å²) in [6.45, 7) is 1.43. The number of nitrogens with zero attached hydrogens (tertiary/aromatic N) is 3. The van der Waals surface area contributed by atoms with Crippen LogP contribution in [-0.4, -0.2) is 59.9 Å². The summed E-state index contributed by atoms with van der Waals surface area (Å²) in [4.78, 5) is 24.1. The molecule has 0 bridgehead atoms. The highest BCUT2D eigenvalue weighted by Crippen LogP contribution is 2.31. The third-order valence-corrected chi connectivity index (χ3v) is 6.85. The predicted molar refractivity (Wildman–Crippen MR) is 116 cm³/mol. The van der Waals surface area contributed by atoms with Gasteiger partial charge in [0.2, 0.25) is 11.9 Å². The number of hydrogen-bond acceptors (Lipinski definition) is 6. The van der Waals surface area contributed by atoms with Gasteiger partial charge in [-0.2, -0.15) is 17.7 Å². The van der Waals surface area contributed by atoms with E-state index < -0.39 is 10.2 Å². The SMILES string of the molecule is O=C(Nc1nc(-c2ccc(NS(=O)(=O)N3CCOCC3)cc2)c2cc[nH]c2n1)C1CC1. The standard InChI is InChI=1S/C20H22N6O4S/c27-19(14-1-2-14)24-20-22-17(16-7-8-21-18(16)23-20)13-3-5-15(6-4-13)25-31(28,29)26-9-11-30-12-10-26/h3-8,14,25H,1-2,9-12H2,(H2,21,22,23,24,27). The molecular weight excluding hydrogens is 420 g/mol. The highest BCUT2D eigenvalue weighted by molar-refractivity contribution is 7.90. The van der Waals surface area contributed by atoms with Crippen LogP contribution in [0.4, 0.5) is 11.6 Å². The van der Waals surface area contributed by atoms with E-state index in [9.17, 15) is 13.2 Å². The average molecular weight is 443 g/mol. The predicted octanol–water partition coefficient (Wildman–Crippen LogP) is 1.96. The van der Waals surface area contributed by atoms with Crippen molar-refractivity contribution in [2.24, 2.45) is 5.92 Å². The second-order valence-corrected chi connectivity index (χ2v) is 9.27. The number of benzene rings is 1. The lowest BCUT2D eigenvalue weighted by Crippen LogP contribution is -2.43. The second-order valence-electron chi connectivity index (χ2n) is 7.60. The van der Waals surface area contributed by atoms with E-state index in [0.29, 0.717) is 43.3 Å². The number of anilines is 2. The molecule has 1 aliphatic heterocycles. The van der Waals surface area contributed by atoms with E-state index in [1.54, 1.807) is 30.5 Å². The topological polar surface area (TPSA) is 129 Å². The molecule has 1 saturated heterocycles. The van der Waals surface area contributed by atoms with Gasteiger partial charge in [-0.1, -0.05) is 12.1 Å². The van der Waals surface area contributed by atoms with Crippen LogP contribution >= 0.6 is 0 Å². The number of fused-ring (bicyclic) bond motifs is 1. The van der Waals surface area contributed by atoms with Crippen LogP contribution in [0.5, 0.6) is 0 Å². The van der Waals surface area contributed by atoms with E-state index in [1.807, 2.05) is 6.07 Å². The third kappa shape index (κ3) is 4.24. The Morgan fingerprint density at radius 3 is 2.55 bits per heavy atom. The normalized spacial score (nSPS) is 17.5. The van der Waals surface area contributed by atoms with Crippen LogP contribution in [0.3, 0.4) is 0 Å². The van der Waals surface area contributed by atoms with Crippen molar-refractivity contribution in [1.29, 1.82) is 0 Å². The lowest BCUT2D eigenvalue weighted by Gasteiger charge is -2.26. The number of H-pyrrole nitrogens is 1. The smallest absolute Gasteiger partial charge is 0.301 e. The third-order valence-electron chi connectivity index (χ3n) is 5.31. The van der Waals surface area contributed by atoms with Crippen molar-refractivity contribution >= 4 is 38.8 Å². The Morgan fingerprint density at radius 2 is 1.84 bits per heavy atom. The van der Waals surface area contributed by atoms with Gasteiger partial charge in [-0.15, -0.1) is 0 Å². The van der Waals surface area contributed by atoms with Crippen LogP contribution in [0.2, 0.25) is 0 Å². The zero-order valence-corrected chi connectivity index (χ0v) is 17.5. The molecule has 31 heavy (non-hydrogen) atoms. The molecule has 0 unspecified atom stereocenters. The number of ether oxygens (including phenoxy) is 1. The fourth-order valence-electron chi connectivity index (χ4n) is 3.47. The number of aromatic nitrogens is 3. The molecule has 3 N–H and O–H groups in total. The number of morpholine rings is 1. The van der Waals surface area contributed by atoms with Crippen LogP contribution < -0.4 is 10.0 Å². The first-order chi connectivity index (χ1) is 15.0. The first-order valence-electron chi connectivity index (χ1n) is 10.1. The van der Waals surface area contributed by atoms with Gasteiger partial charge in [-0.25, -0.2) is 4.98 Å². The van der Waals surface area contributed by atoms with Crippen molar-refractivity contribution in [3.63, 3.8) is 0 Å². The van der Waals surface area contributed by atoms with Crippen molar-refractivity contribution in [2.45, 2.75) is 12.8 Å². The summed E-state index contributed by atoms with van der Waals surface area (Å²) in [6.07, 6.45) is 3.55. The maximum atomic E-state index is 12.6. The summed E-state index contributed by atoms with van der Waals surface area (Å²) >= 11 is 0. The van der Waals surface area contributed by atoms with Gasteiger partial charge in [0, 0.05) is 41.8 Å². The first kappa shape index (κ1) is 19.9. The summed E-state index contributed by atoms with van der Waals surface area (Å²) in [5.41, 5.74) is 2.51. The van der Waals surface area contributed by atoms with E-state index >= 15 is 0 Å². The van der Waals surface area contributed by atoms with Crippen LogP contribution in [0.1, 0.15) is 12.8 Å². The van der Waals surface area contributed by atoms with Crippen LogP contribution in [0.15, 0.2) is 36.5 Å². The fourth-order valence-corrected chi connectivity index (χ4v) is 4.66. The van der Waals surface area contributed by atoms with Gasteiger partial charge in [0.15, 0.2) is 0 Å². The number of rotatable bonds is 6. The highest BCUT2D eigenvalue weighted by atomic mass is 32.2. The van der Waals surface area contributed by atoms with Crippen molar-refractivity contribution in [3.05, 3.63) is 36.5 Å². The number of hydrogen-bond donors (Lipinski definition) is 3. The zero-order chi connectivity index (χ0) is 21.4. The Bertz CT molecular complexity index is 1210. The molecule has 1 saturated carbocycles. The van der Waals surface area contributed by atoms with E-state index in [1.165, 1.54) is 4.31 Å². The van der Waals surface area contributed by atoms with Crippen LogP contribution in [0.25, 0.3) is 22.3 Å². The maximum Gasteiger partial charge on any atom is 0.301 e. The molecule has 3 aromatic rings. The molecule has 0 atom stereocenters. The molecular formula is C20H22N6O4S. The van der Waals surface area contributed by atoms with Crippen molar-refractivity contribution in [1.82, 2.24) is 19.3 Å². The summed E-state index contributed by atoms with van der Waals surface area (Å²) in [6, 6.07) is 8.83. The fraction of sp³-hybridized carbons (Fsp3) is 0.350. The summed E-state index contributed by atoms with van der Waals surface area (Å²) in [7, 11) is -3.64. The minimum absolute atomic E-state index is 0.0464. The van der Waals surface area contributed by atoms with Gasteiger partial charge in [0.05, 0.1) is 18.9 Å². The van der Waals surface area contributed by atoms with Crippen molar-refractivity contribution < 1.29 is 17.9 Å². The summed E-state index contributed by atoms with van der Waals surface area (Å²) in [5, 5.41) is 3.60. The summed E-state index contributed by atoms with van der Waals surface area (Å²) in [5.74, 6) is 0.230. The van der Waals surface area contributed by atoms with Gasteiger partial charge < -0.3 is 9.72 Å². The largest absolute Gasteiger partial charge is 0.379 e. The van der Waals surface area contributed by atoms with E-state index in [2.05, 4.69) is 25.0 Å². The lowest BCUT2D eigenvalue weighted by atomic mass is 10.1. The minimum Gasteiger partial charge on any atom is -0.379 e. The molecule has 5 rings (SSSR count). The van der Waals surface area contributed by atoms with Crippen molar-refractivity contribution in [3.8, 4) is 11.3 Å². The molecule has 1 aromatic carbocycles. The molecule has 1 amide bonds. The minimum atomic E-state index is -3.64. The van der Waals surface area contributed by atoms with E-state index in [4.69, 9.17) is 4.74 Å². The Kier molecular flexibility index (Phi) is 5.08. The van der Waals surface area contributed by atoms with E-state index in [-0.39, 0.29) is 17.8 Å². The molecule has 3 heterocycles. The molecule has 2 aliphatic rings. The molecule has 2 aromatic heterocycles. The van der Waals surface area contributed by atoms with Crippen LogP contribution in [0, 0.1) is 5.92 Å². The zero-order valence-electron chi connectivity index (χ0n) is 16.7. The molecule has 11 heteroatoms. The molecule has 10 nitrogen and oxygen atoms in total. The first-order valence-corrected chi connectivity index (χ1v) is 11.6. The highest BCUT2D eigenvalue weighted by Gasteiger charge is 2.30. The van der Waals surface area contributed by atoms with Crippen molar-refractivity contribution in [2.75, 3.05) is 36.3 Å². The van der Waals surface area contributed by atoms with Gasteiger partial charge in [-0.3, -0.25) is 14.8 Å². The van der Waals surface area contributed by atoms with Gasteiger partial charge in [0.25, 0.3) is 0 Å². The number of aromatic amines is 1. The Hall–Kier alpha value is -3.02. The number of carbonyl (C=O) groups is 1. The van der Waals surface area contributed by atoms with Crippen LogP contribution in [-0.2, 0) is 19.7 Å².